The number of fused-ring (bicyclic) bond motifs is 1. The third-order valence-electron chi connectivity index (χ3n) is 7.13. The van der Waals surface area contributed by atoms with Crippen molar-refractivity contribution >= 4 is 44.9 Å². The second-order valence-electron chi connectivity index (χ2n) is 9.89. The summed E-state index contributed by atoms with van der Waals surface area (Å²) in [4.78, 5) is 39.1. The van der Waals surface area contributed by atoms with Crippen LogP contribution in [0.25, 0.3) is 21.5 Å². The molecule has 4 aromatic rings. The van der Waals surface area contributed by atoms with E-state index in [0.717, 1.165) is 20.9 Å². The van der Waals surface area contributed by atoms with E-state index in [1.165, 1.54) is 11.2 Å². The minimum Gasteiger partial charge on any atom is -0.465 e. The van der Waals surface area contributed by atoms with Crippen LogP contribution in [0.1, 0.15) is 47.7 Å². The Morgan fingerprint density at radius 3 is 2.69 bits per heavy atom. The molecule has 1 aliphatic heterocycles. The number of benzene rings is 1. The van der Waals surface area contributed by atoms with E-state index in [4.69, 9.17) is 0 Å². The Hall–Kier alpha value is -3.45. The Bertz CT molecular complexity index is 1560. The fourth-order valence-corrected chi connectivity index (χ4v) is 7.50. The molecular formula is C27H31N5O5S2. The fraction of sp³-hybridized carbons (Fsp3) is 0.333. The molecule has 10 nitrogen and oxygen atoms in total. The Morgan fingerprint density at radius 1 is 1.21 bits per heavy atom. The second kappa shape index (κ2) is 11.0. The first-order chi connectivity index (χ1) is 18.6. The number of aromatic nitrogens is 3. The predicted molar refractivity (Wildman–Crippen MR) is 156 cm³/mol. The summed E-state index contributed by atoms with van der Waals surface area (Å²) in [5.74, 6) is 1.16. The SMILES string of the molecule is CC(Nc1ncnc2[nH]c(=O)c(C3CCS(O)(O)CC3)cc12)c1ccc(-c2ccccc2CN(C)C(=O)O)s1. The maximum Gasteiger partial charge on any atom is 0.407 e. The van der Waals surface area contributed by atoms with Crippen LogP contribution in [0.2, 0.25) is 0 Å². The molecule has 4 heterocycles. The number of nitrogens with one attached hydrogen (secondary N) is 2. The van der Waals surface area contributed by atoms with E-state index >= 15 is 0 Å². The van der Waals surface area contributed by atoms with E-state index in [9.17, 15) is 23.8 Å². The number of pyridine rings is 1. The molecule has 5 rings (SSSR count). The van der Waals surface area contributed by atoms with Gasteiger partial charge in [-0.25, -0.2) is 14.8 Å². The van der Waals surface area contributed by atoms with Gasteiger partial charge in [-0.15, -0.1) is 11.3 Å². The number of H-pyrrole nitrogens is 1. The van der Waals surface area contributed by atoms with Crippen molar-refractivity contribution in [3.8, 4) is 10.4 Å². The van der Waals surface area contributed by atoms with Crippen LogP contribution in [-0.2, 0) is 6.54 Å². The third kappa shape index (κ3) is 5.93. The monoisotopic (exact) mass is 569 g/mol. The van der Waals surface area contributed by atoms with E-state index in [1.807, 2.05) is 49.4 Å². The molecule has 0 saturated carbocycles. The first-order valence-corrected chi connectivity index (χ1v) is 15.3. The van der Waals surface area contributed by atoms with Crippen molar-refractivity contribution in [1.29, 1.82) is 0 Å². The van der Waals surface area contributed by atoms with E-state index in [0.29, 0.717) is 53.3 Å². The number of aromatic amines is 1. The summed E-state index contributed by atoms with van der Waals surface area (Å²) in [6, 6.07) is 13.6. The van der Waals surface area contributed by atoms with Crippen molar-refractivity contribution < 1.29 is 19.0 Å². The van der Waals surface area contributed by atoms with E-state index in [1.54, 1.807) is 18.4 Å². The van der Waals surface area contributed by atoms with E-state index in [-0.39, 0.29) is 17.5 Å². The average Bonchev–Trinajstić information content (AvgIpc) is 3.39. The van der Waals surface area contributed by atoms with Crippen molar-refractivity contribution in [1.82, 2.24) is 19.9 Å². The van der Waals surface area contributed by atoms with E-state index < -0.39 is 16.7 Å². The maximum absolute atomic E-state index is 12.8. The molecule has 1 fully saturated rings. The molecule has 1 aliphatic rings. The van der Waals surface area contributed by atoms with Gasteiger partial charge < -0.3 is 20.3 Å². The van der Waals surface area contributed by atoms with Gasteiger partial charge in [-0.2, -0.15) is 10.6 Å². The predicted octanol–water partition coefficient (Wildman–Crippen LogP) is 5.96. The van der Waals surface area contributed by atoms with Crippen molar-refractivity contribution in [3.05, 3.63) is 75.1 Å². The molecule has 3 aromatic heterocycles. The van der Waals surface area contributed by atoms with Crippen LogP contribution in [0, 0.1) is 0 Å². The number of nitrogens with zero attached hydrogens (tertiary/aromatic N) is 3. The summed E-state index contributed by atoms with van der Waals surface area (Å²) in [7, 11) is -0.988. The molecule has 1 aromatic carbocycles. The lowest BCUT2D eigenvalue weighted by Gasteiger charge is -2.39. The standard InChI is InChI=1S/C27H31N5O5S2/c1-16(22-7-8-23(38-22)19-6-4-3-5-18(19)14-32(2)27(34)35)30-24-21-13-20(17-9-11-39(36,37)12-10-17)26(33)31-25(21)29-15-28-24/h3-8,13,15-17,36-37H,9-12,14H2,1-2H3,(H,34,35)(H2,28,29,30,31,33). The van der Waals surface area contributed by atoms with Crippen LogP contribution in [0.15, 0.2) is 53.6 Å². The average molecular weight is 570 g/mol. The van der Waals surface area contributed by atoms with Gasteiger partial charge in [-0.05, 0) is 55.0 Å². The Labute approximate surface area is 231 Å². The molecular weight excluding hydrogens is 538 g/mol. The van der Waals surface area contributed by atoms with Gasteiger partial charge in [0.2, 0.25) is 0 Å². The molecule has 206 valence electrons. The summed E-state index contributed by atoms with van der Waals surface area (Å²) in [5.41, 5.74) is 2.77. The number of anilines is 1. The topological polar surface area (TPSA) is 152 Å². The second-order valence-corrected chi connectivity index (χ2v) is 13.4. The number of rotatable bonds is 7. The highest BCUT2D eigenvalue weighted by atomic mass is 32.3. The van der Waals surface area contributed by atoms with Gasteiger partial charge in [0.1, 0.15) is 17.8 Å². The molecule has 39 heavy (non-hydrogen) atoms. The van der Waals surface area contributed by atoms with Crippen LogP contribution in [0.3, 0.4) is 0 Å². The Morgan fingerprint density at radius 2 is 1.95 bits per heavy atom. The lowest BCUT2D eigenvalue weighted by molar-refractivity contribution is 0.154. The zero-order valence-electron chi connectivity index (χ0n) is 21.6. The quantitative estimate of drug-likeness (QED) is 0.183. The summed E-state index contributed by atoms with van der Waals surface area (Å²) >= 11 is 1.62. The maximum atomic E-state index is 12.8. The van der Waals surface area contributed by atoms with E-state index in [2.05, 4.69) is 20.3 Å². The molecule has 5 N–H and O–H groups in total. The highest BCUT2D eigenvalue weighted by Gasteiger charge is 2.27. The lowest BCUT2D eigenvalue weighted by Crippen LogP contribution is -2.24. The van der Waals surface area contributed by atoms with Gasteiger partial charge in [0.15, 0.2) is 0 Å². The molecule has 0 bridgehead atoms. The van der Waals surface area contributed by atoms with Crippen LogP contribution in [0.4, 0.5) is 10.6 Å². The minimum atomic E-state index is -2.54. The van der Waals surface area contributed by atoms with Crippen molar-refractivity contribution in [2.24, 2.45) is 0 Å². The van der Waals surface area contributed by atoms with Crippen molar-refractivity contribution in [3.63, 3.8) is 0 Å². The van der Waals surface area contributed by atoms with Gasteiger partial charge in [-0.3, -0.25) is 13.9 Å². The van der Waals surface area contributed by atoms with Gasteiger partial charge in [0.25, 0.3) is 5.56 Å². The molecule has 0 spiro atoms. The number of hydrogen-bond donors (Lipinski definition) is 5. The normalized spacial score (nSPS) is 17.0. The molecule has 1 amide bonds. The fourth-order valence-electron chi connectivity index (χ4n) is 4.90. The largest absolute Gasteiger partial charge is 0.465 e. The number of amides is 1. The molecule has 1 saturated heterocycles. The van der Waals surface area contributed by atoms with Crippen LogP contribution in [-0.4, -0.2) is 58.7 Å². The highest BCUT2D eigenvalue weighted by Crippen LogP contribution is 2.48. The highest BCUT2D eigenvalue weighted by molar-refractivity contribution is 8.24. The lowest BCUT2D eigenvalue weighted by atomic mass is 9.94. The van der Waals surface area contributed by atoms with Gasteiger partial charge in [0.05, 0.1) is 11.4 Å². The first-order valence-electron chi connectivity index (χ1n) is 12.6. The van der Waals surface area contributed by atoms with Gasteiger partial charge in [0, 0.05) is 40.4 Å². The van der Waals surface area contributed by atoms with Crippen LogP contribution < -0.4 is 10.9 Å². The zero-order chi connectivity index (χ0) is 27.7. The van der Waals surface area contributed by atoms with Crippen LogP contribution in [0.5, 0.6) is 0 Å². The number of carbonyl (C=O) groups is 1. The smallest absolute Gasteiger partial charge is 0.407 e. The molecule has 1 atom stereocenters. The van der Waals surface area contributed by atoms with Crippen molar-refractivity contribution in [2.75, 3.05) is 23.9 Å². The number of thiophene rings is 1. The zero-order valence-corrected chi connectivity index (χ0v) is 23.3. The summed E-state index contributed by atoms with van der Waals surface area (Å²) in [6.45, 7) is 2.33. The summed E-state index contributed by atoms with van der Waals surface area (Å²) in [5, 5.41) is 13.5. The van der Waals surface area contributed by atoms with Crippen LogP contribution >= 0.6 is 21.9 Å². The molecule has 12 heteroatoms. The minimum absolute atomic E-state index is 0.0522. The van der Waals surface area contributed by atoms with Crippen molar-refractivity contribution in [2.45, 2.75) is 38.3 Å². The summed E-state index contributed by atoms with van der Waals surface area (Å²) < 4.78 is 20.0. The Kier molecular flexibility index (Phi) is 7.63. The Balaban J connectivity index is 1.40. The molecule has 0 aliphatic carbocycles. The number of hydrogen-bond acceptors (Lipinski definition) is 8. The number of carboxylic acid groups (broad SMARTS) is 1. The first kappa shape index (κ1) is 27.1. The van der Waals surface area contributed by atoms with Gasteiger partial charge in [-0.1, -0.05) is 24.3 Å². The molecule has 0 radical (unpaired) electrons. The third-order valence-corrected chi connectivity index (χ3v) is 10.2. The molecule has 1 unspecified atom stereocenters. The van der Waals surface area contributed by atoms with Gasteiger partial charge >= 0.3 is 6.09 Å². The summed E-state index contributed by atoms with van der Waals surface area (Å²) in [6.07, 6.45) is 1.53.